The number of fused-ring (bicyclic) bond motifs is 1. The molecule has 3 aromatic rings. The monoisotopic (exact) mass is 425 g/mol. The molecule has 30 heavy (non-hydrogen) atoms. The molecule has 1 aliphatic rings. The molecule has 1 aliphatic heterocycles. The maximum atomic E-state index is 13.0. The Kier molecular flexibility index (Phi) is 6.83. The van der Waals surface area contributed by atoms with E-state index in [2.05, 4.69) is 26.3 Å². The highest BCUT2D eigenvalue weighted by Gasteiger charge is 2.21. The third-order valence-corrected chi connectivity index (χ3v) is 4.98. The van der Waals surface area contributed by atoms with E-state index in [1.54, 1.807) is 18.2 Å². The number of aromatic amines is 1. The molecule has 2 N–H and O–H groups in total. The molecule has 0 saturated carbocycles. The van der Waals surface area contributed by atoms with E-state index in [-0.39, 0.29) is 23.8 Å². The van der Waals surface area contributed by atoms with Crippen LogP contribution in [0.1, 0.15) is 27.9 Å². The van der Waals surface area contributed by atoms with Crippen LogP contribution in [0.5, 0.6) is 0 Å². The maximum absolute atomic E-state index is 13.0. The van der Waals surface area contributed by atoms with Crippen molar-refractivity contribution in [2.45, 2.75) is 26.1 Å². The number of rotatable bonds is 5. The molecule has 4 rings (SSSR count). The molecule has 0 saturated heterocycles. The number of anilines is 1. The van der Waals surface area contributed by atoms with Crippen molar-refractivity contribution in [3.8, 4) is 6.07 Å². The van der Waals surface area contributed by atoms with Gasteiger partial charge in [-0.15, -0.1) is 12.4 Å². The molecule has 1 aromatic heterocycles. The number of hydrogen-bond acceptors (Lipinski definition) is 5. The fourth-order valence-electron chi connectivity index (χ4n) is 3.49. The Morgan fingerprint density at radius 3 is 2.77 bits per heavy atom. The second-order valence-corrected chi connectivity index (χ2v) is 7.09. The maximum Gasteiger partial charge on any atom is 0.257 e. The van der Waals surface area contributed by atoms with E-state index in [0.29, 0.717) is 43.1 Å². The van der Waals surface area contributed by atoms with Crippen molar-refractivity contribution in [2.75, 3.05) is 11.9 Å². The second-order valence-electron chi connectivity index (χ2n) is 7.09. The van der Waals surface area contributed by atoms with Gasteiger partial charge in [0, 0.05) is 32.6 Å². The molecule has 2 heterocycles. The van der Waals surface area contributed by atoms with Gasteiger partial charge in [0.2, 0.25) is 5.95 Å². The topological polar surface area (TPSA) is 84.8 Å². The lowest BCUT2D eigenvalue weighted by Gasteiger charge is -2.27. The van der Waals surface area contributed by atoms with Gasteiger partial charge in [-0.25, -0.2) is 9.37 Å². The predicted molar refractivity (Wildman–Crippen MR) is 115 cm³/mol. The minimum atomic E-state index is -0.280. The van der Waals surface area contributed by atoms with Crippen LogP contribution in [0.25, 0.3) is 0 Å². The summed E-state index contributed by atoms with van der Waals surface area (Å²) >= 11 is 0. The Bertz CT molecular complexity index is 1120. The first-order valence-electron chi connectivity index (χ1n) is 9.42. The third-order valence-electron chi connectivity index (χ3n) is 4.98. The van der Waals surface area contributed by atoms with E-state index in [1.165, 1.54) is 12.1 Å². The van der Waals surface area contributed by atoms with Crippen molar-refractivity contribution in [1.82, 2.24) is 14.9 Å². The van der Waals surface area contributed by atoms with Crippen LogP contribution in [0.4, 0.5) is 10.3 Å². The summed E-state index contributed by atoms with van der Waals surface area (Å²) in [5, 5.41) is 12.2. The predicted octanol–water partition coefficient (Wildman–Crippen LogP) is 3.37. The summed E-state index contributed by atoms with van der Waals surface area (Å²) < 4.78 is 13.0. The van der Waals surface area contributed by atoms with E-state index in [1.807, 2.05) is 18.2 Å². The fraction of sp³-hybridized carbons (Fsp3) is 0.227. The van der Waals surface area contributed by atoms with Gasteiger partial charge in [-0.05, 0) is 35.4 Å². The smallest absolute Gasteiger partial charge is 0.257 e. The molecule has 0 aliphatic carbocycles. The lowest BCUT2D eigenvalue weighted by molar-refractivity contribution is 0.242. The SMILES string of the molecule is Cl.N#Cc1cccc(CN2CCc3nc(NCc4ccc(F)cc4)[nH]c(=O)c3C2)c1. The average molecular weight is 426 g/mol. The van der Waals surface area contributed by atoms with Crippen LogP contribution in [0.3, 0.4) is 0 Å². The molecule has 8 heteroatoms. The number of aromatic nitrogens is 2. The van der Waals surface area contributed by atoms with E-state index in [9.17, 15) is 9.18 Å². The van der Waals surface area contributed by atoms with Crippen LogP contribution in [-0.4, -0.2) is 21.4 Å². The van der Waals surface area contributed by atoms with Gasteiger partial charge in [0.1, 0.15) is 5.82 Å². The number of H-pyrrole nitrogens is 1. The Balaban J connectivity index is 0.00000256. The summed E-state index contributed by atoms with van der Waals surface area (Å²) in [6.45, 7) is 2.44. The van der Waals surface area contributed by atoms with Gasteiger partial charge in [-0.2, -0.15) is 5.26 Å². The zero-order valence-corrected chi connectivity index (χ0v) is 17.0. The molecular weight excluding hydrogens is 405 g/mol. The number of benzene rings is 2. The molecule has 2 aromatic carbocycles. The van der Waals surface area contributed by atoms with E-state index < -0.39 is 0 Å². The van der Waals surface area contributed by atoms with E-state index in [0.717, 1.165) is 23.4 Å². The van der Waals surface area contributed by atoms with Gasteiger partial charge in [-0.3, -0.25) is 14.7 Å². The van der Waals surface area contributed by atoms with Crippen molar-refractivity contribution in [2.24, 2.45) is 0 Å². The number of halogens is 2. The molecule has 6 nitrogen and oxygen atoms in total. The normalized spacial score (nSPS) is 13.1. The summed E-state index contributed by atoms with van der Waals surface area (Å²) in [6, 6.07) is 15.9. The summed E-state index contributed by atoms with van der Waals surface area (Å²) in [5.74, 6) is 0.145. The van der Waals surface area contributed by atoms with Crippen molar-refractivity contribution in [1.29, 1.82) is 5.26 Å². The van der Waals surface area contributed by atoms with Crippen molar-refractivity contribution in [3.63, 3.8) is 0 Å². The Morgan fingerprint density at radius 2 is 2.00 bits per heavy atom. The number of nitrogens with one attached hydrogen (secondary N) is 2. The van der Waals surface area contributed by atoms with Crippen LogP contribution in [0, 0.1) is 17.1 Å². The summed E-state index contributed by atoms with van der Waals surface area (Å²) in [6.07, 6.45) is 0.683. The first-order valence-corrected chi connectivity index (χ1v) is 9.42. The van der Waals surface area contributed by atoms with Gasteiger partial charge in [0.15, 0.2) is 0 Å². The Hall–Kier alpha value is -3.21. The molecule has 0 spiro atoms. The van der Waals surface area contributed by atoms with E-state index in [4.69, 9.17) is 5.26 Å². The summed E-state index contributed by atoms with van der Waals surface area (Å²) in [7, 11) is 0. The van der Waals surface area contributed by atoms with Gasteiger partial charge in [0.25, 0.3) is 5.56 Å². The number of nitrogens with zero attached hydrogens (tertiary/aromatic N) is 3. The highest BCUT2D eigenvalue weighted by Crippen LogP contribution is 2.18. The molecule has 0 bridgehead atoms. The zero-order chi connectivity index (χ0) is 20.2. The van der Waals surface area contributed by atoms with Crippen molar-refractivity contribution >= 4 is 18.4 Å². The van der Waals surface area contributed by atoms with Crippen LogP contribution in [0.2, 0.25) is 0 Å². The first kappa shape index (κ1) is 21.5. The van der Waals surface area contributed by atoms with Gasteiger partial charge in [-0.1, -0.05) is 24.3 Å². The van der Waals surface area contributed by atoms with Crippen LogP contribution in [0.15, 0.2) is 53.3 Å². The summed E-state index contributed by atoms with van der Waals surface area (Å²) in [4.78, 5) is 22.1. The molecule has 154 valence electrons. The minimum Gasteiger partial charge on any atom is -0.352 e. The molecule has 0 atom stereocenters. The zero-order valence-electron chi connectivity index (χ0n) is 16.2. The van der Waals surface area contributed by atoms with Crippen molar-refractivity contribution in [3.05, 3.63) is 92.6 Å². The Morgan fingerprint density at radius 1 is 1.20 bits per heavy atom. The van der Waals surface area contributed by atoms with Crippen LogP contribution < -0.4 is 10.9 Å². The standard InChI is InChI=1S/C22H20FN5O.ClH/c23-18-6-4-15(5-7-18)12-25-22-26-20-8-9-28(14-19(20)21(29)27-22)13-17-3-1-2-16(10-17)11-24;/h1-7,10H,8-9,12-14H2,(H2,25,26,27,29);1H. The number of hydrogen-bond donors (Lipinski definition) is 2. The number of nitriles is 1. The van der Waals surface area contributed by atoms with Gasteiger partial charge in [0.05, 0.1) is 22.9 Å². The Labute approximate surface area is 179 Å². The largest absolute Gasteiger partial charge is 0.352 e. The first-order chi connectivity index (χ1) is 14.1. The molecule has 0 unspecified atom stereocenters. The molecule has 0 fully saturated rings. The van der Waals surface area contributed by atoms with Crippen LogP contribution >= 0.6 is 12.4 Å². The van der Waals surface area contributed by atoms with Gasteiger partial charge >= 0.3 is 0 Å². The molecular formula is C22H21ClFN5O. The lowest BCUT2D eigenvalue weighted by atomic mass is 10.1. The molecule has 0 amide bonds. The molecule has 0 radical (unpaired) electrons. The van der Waals surface area contributed by atoms with Crippen molar-refractivity contribution < 1.29 is 4.39 Å². The second kappa shape index (κ2) is 9.53. The lowest BCUT2D eigenvalue weighted by Crippen LogP contribution is -2.35. The average Bonchev–Trinajstić information content (AvgIpc) is 2.74. The highest BCUT2D eigenvalue weighted by atomic mass is 35.5. The fourth-order valence-corrected chi connectivity index (χ4v) is 3.49. The van der Waals surface area contributed by atoms with E-state index >= 15 is 0 Å². The van der Waals surface area contributed by atoms with Crippen LogP contribution in [-0.2, 0) is 26.1 Å². The minimum absolute atomic E-state index is 0. The van der Waals surface area contributed by atoms with Gasteiger partial charge < -0.3 is 5.32 Å². The third kappa shape index (κ3) is 5.03. The quantitative estimate of drug-likeness (QED) is 0.654. The summed E-state index contributed by atoms with van der Waals surface area (Å²) in [5.41, 5.74) is 3.92. The highest BCUT2D eigenvalue weighted by molar-refractivity contribution is 5.85.